The van der Waals surface area contributed by atoms with Gasteiger partial charge in [0.2, 0.25) is 11.9 Å². The molecule has 3 N–H and O–H groups in total. The van der Waals surface area contributed by atoms with E-state index < -0.39 is 17.2 Å². The van der Waals surface area contributed by atoms with Crippen LogP contribution in [0, 0.1) is 0 Å². The molecule has 0 spiro atoms. The van der Waals surface area contributed by atoms with Crippen LogP contribution in [0.15, 0.2) is 30.5 Å². The largest absolute Gasteiger partial charge is 0.481 e. The summed E-state index contributed by atoms with van der Waals surface area (Å²) in [6, 6.07) is 8.06. The van der Waals surface area contributed by atoms with Crippen LogP contribution in [-0.2, 0) is 32.2 Å². The average molecular weight is 835 g/mol. The van der Waals surface area contributed by atoms with Crippen molar-refractivity contribution in [3.05, 3.63) is 36.2 Å². The van der Waals surface area contributed by atoms with E-state index in [1.165, 1.54) is 6.42 Å². The summed E-state index contributed by atoms with van der Waals surface area (Å²) >= 11 is 0. The maximum Gasteiger partial charge on any atom is 0.410 e. The second-order valence-electron chi connectivity index (χ2n) is 17.9. The van der Waals surface area contributed by atoms with Gasteiger partial charge in [-0.15, -0.1) is 5.10 Å². The van der Waals surface area contributed by atoms with E-state index in [4.69, 9.17) is 24.5 Å². The Morgan fingerprint density at radius 1 is 0.833 bits per heavy atom. The Morgan fingerprint density at radius 3 is 2.22 bits per heavy atom. The average Bonchev–Trinajstić information content (AvgIpc) is 3.64. The number of rotatable bonds is 18. The number of nitrogens with one attached hydrogen (secondary N) is 2. The molecular formula is C43H66N10O7. The first-order chi connectivity index (χ1) is 28.5. The highest BCUT2D eigenvalue weighted by molar-refractivity contribution is 5.90. The van der Waals surface area contributed by atoms with Crippen molar-refractivity contribution >= 4 is 46.7 Å². The molecule has 3 heterocycles. The molecule has 17 nitrogen and oxygen atoms in total. The van der Waals surface area contributed by atoms with Crippen molar-refractivity contribution in [2.45, 2.75) is 155 Å². The van der Waals surface area contributed by atoms with E-state index in [0.29, 0.717) is 82.5 Å². The Labute approximate surface area is 353 Å². The summed E-state index contributed by atoms with van der Waals surface area (Å²) in [6.07, 6.45) is 9.78. The molecule has 17 heteroatoms. The van der Waals surface area contributed by atoms with Gasteiger partial charge in [0.25, 0.3) is 0 Å². The summed E-state index contributed by atoms with van der Waals surface area (Å²) in [5.41, 5.74) is 0.253. The number of amides is 3. The van der Waals surface area contributed by atoms with E-state index in [1.54, 1.807) is 9.58 Å². The molecule has 1 aliphatic heterocycles. The third kappa shape index (κ3) is 14.8. The summed E-state index contributed by atoms with van der Waals surface area (Å²) in [5, 5.41) is 25.4. The first kappa shape index (κ1) is 45.9. The highest BCUT2D eigenvalue weighted by atomic mass is 16.6. The monoisotopic (exact) mass is 835 g/mol. The SMILES string of the molecule is CC(C)(C)OC(=O)N(CCCN(C(=O)OC(C)(C)C)C1CCCCC1)CCCn1cc(CNc2nc(NC3CCN(C(=O)CCCC(=O)O)CC3)c3ccccc3n2)nn1. The number of hydrogen-bond acceptors (Lipinski definition) is 12. The fourth-order valence-electron chi connectivity index (χ4n) is 7.59. The van der Waals surface area contributed by atoms with E-state index in [1.807, 2.05) is 81.8 Å². The molecule has 330 valence electrons. The maximum atomic E-state index is 13.3. The van der Waals surface area contributed by atoms with Crippen molar-refractivity contribution < 1.29 is 33.8 Å². The third-order valence-corrected chi connectivity index (χ3v) is 10.5. The Morgan fingerprint density at radius 2 is 1.52 bits per heavy atom. The fraction of sp³-hybridized carbons (Fsp3) is 0.674. The number of piperidine rings is 1. The smallest absolute Gasteiger partial charge is 0.410 e. The zero-order chi connectivity index (χ0) is 43.3. The van der Waals surface area contributed by atoms with Gasteiger partial charge in [0, 0.05) is 69.6 Å². The first-order valence-corrected chi connectivity index (χ1v) is 21.7. The quantitative estimate of drug-likeness (QED) is 0.118. The lowest BCUT2D eigenvalue weighted by Crippen LogP contribution is -2.46. The highest BCUT2D eigenvalue weighted by Crippen LogP contribution is 2.27. The van der Waals surface area contributed by atoms with E-state index >= 15 is 0 Å². The predicted molar refractivity (Wildman–Crippen MR) is 228 cm³/mol. The van der Waals surface area contributed by atoms with Crippen LogP contribution in [0.4, 0.5) is 21.4 Å². The molecule has 2 fully saturated rings. The van der Waals surface area contributed by atoms with E-state index in [9.17, 15) is 19.2 Å². The minimum absolute atomic E-state index is 0.00168. The van der Waals surface area contributed by atoms with Crippen LogP contribution in [-0.4, -0.2) is 125 Å². The molecule has 0 unspecified atom stereocenters. The molecule has 1 aliphatic carbocycles. The molecule has 1 aromatic carbocycles. The number of carboxylic acids is 1. The van der Waals surface area contributed by atoms with Gasteiger partial charge in [0.05, 0.1) is 18.3 Å². The standard InChI is InChI=1S/C43H66N10O7/c1-42(2,3)59-40(57)51(24-14-26-53(33-15-8-7-9-16-33)41(58)60-43(4,5)6)23-13-25-52-30-32(48-49-52)29-44-39-46-35-18-11-10-17-34(35)38(47-39)45-31-21-27-50(28-22-31)36(54)19-12-20-37(55)56/h10-11,17-18,30-31,33H,7-9,12-16,19-29H2,1-6H3,(H,55,56)(H2,44,45,46,47). The lowest BCUT2D eigenvalue weighted by molar-refractivity contribution is -0.137. The summed E-state index contributed by atoms with van der Waals surface area (Å²) in [5.74, 6) is 0.262. The molecule has 5 rings (SSSR count). The Hall–Kier alpha value is -5.22. The van der Waals surface area contributed by atoms with Gasteiger partial charge in [-0.25, -0.2) is 14.6 Å². The number of carbonyl (C=O) groups is 4. The number of hydrogen-bond donors (Lipinski definition) is 3. The molecule has 3 aromatic rings. The number of fused-ring (bicyclic) bond motifs is 1. The van der Waals surface area contributed by atoms with Gasteiger partial charge < -0.3 is 39.9 Å². The summed E-state index contributed by atoms with van der Waals surface area (Å²) in [7, 11) is 0. The first-order valence-electron chi connectivity index (χ1n) is 21.7. The number of carbonyl (C=O) groups excluding carboxylic acids is 3. The van der Waals surface area contributed by atoms with E-state index in [2.05, 4.69) is 20.9 Å². The Balaban J connectivity index is 1.14. The molecule has 60 heavy (non-hydrogen) atoms. The van der Waals surface area contributed by atoms with Gasteiger partial charge in [-0.05, 0) is 98.6 Å². The lowest BCUT2D eigenvalue weighted by Gasteiger charge is -2.36. The van der Waals surface area contributed by atoms with E-state index in [0.717, 1.165) is 49.4 Å². The van der Waals surface area contributed by atoms with Crippen LogP contribution in [0.2, 0.25) is 0 Å². The number of anilines is 2. The van der Waals surface area contributed by atoms with Crippen molar-refractivity contribution in [1.82, 2.24) is 39.7 Å². The second kappa shape index (κ2) is 21.3. The summed E-state index contributed by atoms with van der Waals surface area (Å²) < 4.78 is 13.3. The van der Waals surface area contributed by atoms with Gasteiger partial charge in [-0.3, -0.25) is 14.3 Å². The summed E-state index contributed by atoms with van der Waals surface area (Å²) in [6.45, 7) is 14.7. The number of benzene rings is 1. The molecule has 1 saturated heterocycles. The third-order valence-electron chi connectivity index (χ3n) is 10.5. The number of ether oxygens (including phenoxy) is 2. The van der Waals surface area contributed by atoms with Gasteiger partial charge in [0.15, 0.2) is 0 Å². The van der Waals surface area contributed by atoms with Crippen LogP contribution in [0.25, 0.3) is 10.9 Å². The number of nitrogens with zero attached hydrogens (tertiary/aromatic N) is 8. The molecule has 3 amide bonds. The number of para-hydroxylation sites is 1. The molecule has 2 aliphatic rings. The number of aryl methyl sites for hydroxylation is 1. The molecule has 0 radical (unpaired) electrons. The van der Waals surface area contributed by atoms with E-state index in [-0.39, 0.29) is 43.0 Å². The molecule has 0 bridgehead atoms. The fourth-order valence-corrected chi connectivity index (χ4v) is 7.59. The van der Waals surface area contributed by atoms with Gasteiger partial charge in [-0.1, -0.05) is 36.6 Å². The van der Waals surface area contributed by atoms with Gasteiger partial charge >= 0.3 is 18.2 Å². The van der Waals surface area contributed by atoms with Crippen LogP contribution in [0.3, 0.4) is 0 Å². The predicted octanol–water partition coefficient (Wildman–Crippen LogP) is 7.08. The molecule has 0 atom stereocenters. The van der Waals surface area contributed by atoms with Crippen LogP contribution < -0.4 is 10.6 Å². The maximum absolute atomic E-state index is 13.3. The molecule has 1 saturated carbocycles. The van der Waals surface area contributed by atoms with Crippen LogP contribution in [0.5, 0.6) is 0 Å². The summed E-state index contributed by atoms with van der Waals surface area (Å²) in [4.78, 5) is 65.0. The van der Waals surface area contributed by atoms with Crippen molar-refractivity contribution in [2.24, 2.45) is 0 Å². The number of aromatic nitrogens is 5. The number of carboxylic acid groups (broad SMARTS) is 1. The van der Waals surface area contributed by atoms with Crippen LogP contribution in [0.1, 0.15) is 124 Å². The minimum atomic E-state index is -0.887. The molecule has 2 aromatic heterocycles. The lowest BCUT2D eigenvalue weighted by atomic mass is 9.94. The Kier molecular flexibility index (Phi) is 16.3. The van der Waals surface area contributed by atoms with Crippen molar-refractivity contribution in [3.63, 3.8) is 0 Å². The van der Waals surface area contributed by atoms with Crippen molar-refractivity contribution in [1.29, 1.82) is 0 Å². The zero-order valence-corrected chi connectivity index (χ0v) is 36.5. The number of aliphatic carboxylic acids is 1. The normalized spacial score (nSPS) is 15.4. The minimum Gasteiger partial charge on any atom is -0.481 e. The zero-order valence-electron chi connectivity index (χ0n) is 36.5. The van der Waals surface area contributed by atoms with Crippen molar-refractivity contribution in [2.75, 3.05) is 43.4 Å². The second-order valence-corrected chi connectivity index (χ2v) is 17.9. The molecular weight excluding hydrogens is 769 g/mol. The van der Waals surface area contributed by atoms with Crippen molar-refractivity contribution in [3.8, 4) is 0 Å². The highest BCUT2D eigenvalue weighted by Gasteiger charge is 2.30. The topological polar surface area (TPSA) is 197 Å². The Bertz CT molecular complexity index is 1880. The number of likely N-dealkylation sites (tertiary alicyclic amines) is 1. The van der Waals surface area contributed by atoms with Crippen LogP contribution >= 0.6 is 0 Å². The van der Waals surface area contributed by atoms with Gasteiger partial charge in [0.1, 0.15) is 22.7 Å². The van der Waals surface area contributed by atoms with Gasteiger partial charge in [-0.2, -0.15) is 4.98 Å².